The molecule has 1 aromatic carbocycles. The SMILES string of the molecule is CCCCCCN(C(=O)[C@@H](NCC1CCCCN1CCN)[C@@H](C)CC)[C@H](C[C@@H](OCC)c1nc(C(=O)N[C@@H](Cc2ccc(O)cc2)CC(C)(C)C(=O)O)cs1)C(C)C. The van der Waals surface area contributed by atoms with Gasteiger partial charge >= 0.3 is 5.97 Å². The molecule has 1 aliphatic rings. The fraction of sp³-hybridized carbons (Fsp3) is 0.733. The van der Waals surface area contributed by atoms with Crippen molar-refractivity contribution in [1.82, 2.24) is 25.4 Å². The van der Waals surface area contributed by atoms with E-state index in [2.05, 4.69) is 55.1 Å². The van der Waals surface area contributed by atoms with Crippen LogP contribution in [0.3, 0.4) is 0 Å². The van der Waals surface area contributed by atoms with Crippen LogP contribution in [-0.4, -0.2) is 106 Å². The van der Waals surface area contributed by atoms with Gasteiger partial charge in [0.1, 0.15) is 22.6 Å². The van der Waals surface area contributed by atoms with Crippen LogP contribution in [0.5, 0.6) is 5.75 Å². The summed E-state index contributed by atoms with van der Waals surface area (Å²) in [6.07, 6.45) is 9.26. The second-order valence-electron chi connectivity index (χ2n) is 17.3. The molecule has 12 nitrogen and oxygen atoms in total. The zero-order valence-corrected chi connectivity index (χ0v) is 37.6. The van der Waals surface area contributed by atoms with Gasteiger partial charge in [-0.25, -0.2) is 4.98 Å². The van der Waals surface area contributed by atoms with E-state index in [1.54, 1.807) is 43.5 Å². The lowest BCUT2D eigenvalue weighted by molar-refractivity contribution is -0.147. The number of nitrogens with two attached hydrogens (primary N) is 1. The van der Waals surface area contributed by atoms with E-state index < -0.39 is 23.5 Å². The quantitative estimate of drug-likeness (QED) is 0.0572. The molecule has 1 aliphatic heterocycles. The van der Waals surface area contributed by atoms with Gasteiger partial charge in [-0.1, -0.05) is 78.9 Å². The molecule has 0 aliphatic carbocycles. The predicted octanol–water partition coefficient (Wildman–Crippen LogP) is 7.41. The van der Waals surface area contributed by atoms with E-state index in [1.165, 1.54) is 24.2 Å². The van der Waals surface area contributed by atoms with Gasteiger partial charge in [-0.05, 0) is 89.0 Å². The van der Waals surface area contributed by atoms with Gasteiger partial charge in [-0.15, -0.1) is 11.3 Å². The van der Waals surface area contributed by atoms with E-state index in [9.17, 15) is 24.6 Å². The number of likely N-dealkylation sites (tertiary alicyclic amines) is 1. The average Bonchev–Trinajstić information content (AvgIpc) is 3.69. The minimum Gasteiger partial charge on any atom is -0.508 e. The molecule has 3 rings (SSSR count). The fourth-order valence-corrected chi connectivity index (χ4v) is 8.98. The second-order valence-corrected chi connectivity index (χ2v) is 18.2. The zero-order valence-electron chi connectivity index (χ0n) is 36.8. The number of ether oxygens (including phenoxy) is 1. The van der Waals surface area contributed by atoms with E-state index in [0.717, 1.165) is 63.7 Å². The summed E-state index contributed by atoms with van der Waals surface area (Å²) in [4.78, 5) is 50.3. The van der Waals surface area contributed by atoms with Crippen molar-refractivity contribution in [2.45, 2.75) is 156 Å². The van der Waals surface area contributed by atoms with Crippen molar-refractivity contribution in [2.24, 2.45) is 23.0 Å². The Morgan fingerprint density at radius 3 is 2.43 bits per heavy atom. The van der Waals surface area contributed by atoms with Crippen LogP contribution in [-0.2, 0) is 20.7 Å². The van der Waals surface area contributed by atoms with Gasteiger partial charge < -0.3 is 36.2 Å². The molecule has 1 fully saturated rings. The first-order valence-electron chi connectivity index (χ1n) is 22.0. The van der Waals surface area contributed by atoms with Crippen molar-refractivity contribution in [3.63, 3.8) is 0 Å². The maximum absolute atomic E-state index is 15.0. The molecule has 0 spiro atoms. The number of aromatic nitrogens is 1. The molecule has 2 aromatic rings. The fourth-order valence-electron chi connectivity index (χ4n) is 8.12. The number of carbonyl (C=O) groups is 3. The van der Waals surface area contributed by atoms with Crippen molar-refractivity contribution in [3.8, 4) is 5.75 Å². The van der Waals surface area contributed by atoms with E-state index in [1.807, 2.05) is 6.92 Å². The van der Waals surface area contributed by atoms with Crippen LogP contribution in [0, 0.1) is 17.3 Å². The Morgan fingerprint density at radius 1 is 1.09 bits per heavy atom. The van der Waals surface area contributed by atoms with Crippen molar-refractivity contribution in [3.05, 3.63) is 45.9 Å². The second kappa shape index (κ2) is 24.9. The Kier molecular flexibility index (Phi) is 21.1. The van der Waals surface area contributed by atoms with Gasteiger partial charge in [0.25, 0.3) is 5.91 Å². The molecular formula is C45H76N6O6S. The molecule has 58 heavy (non-hydrogen) atoms. The minimum atomic E-state index is -1.09. The van der Waals surface area contributed by atoms with Gasteiger partial charge in [0.15, 0.2) is 0 Å². The summed E-state index contributed by atoms with van der Waals surface area (Å²) in [5.74, 6) is -0.781. The maximum atomic E-state index is 15.0. The molecule has 328 valence electrons. The number of hydrogen-bond acceptors (Lipinski definition) is 10. The van der Waals surface area contributed by atoms with Crippen LogP contribution in [0.15, 0.2) is 29.6 Å². The van der Waals surface area contributed by atoms with E-state index >= 15 is 0 Å². The Balaban J connectivity index is 1.88. The lowest BCUT2D eigenvalue weighted by Crippen LogP contribution is -2.57. The number of carboxylic acid groups (broad SMARTS) is 1. The number of carboxylic acids is 1. The van der Waals surface area contributed by atoms with Gasteiger partial charge in [-0.3, -0.25) is 19.3 Å². The van der Waals surface area contributed by atoms with Gasteiger partial charge in [0.05, 0.1) is 11.5 Å². The molecular weight excluding hydrogens is 753 g/mol. The predicted molar refractivity (Wildman–Crippen MR) is 234 cm³/mol. The Morgan fingerprint density at radius 2 is 1.81 bits per heavy atom. The van der Waals surface area contributed by atoms with E-state index in [4.69, 9.17) is 15.5 Å². The highest BCUT2D eigenvalue weighted by Gasteiger charge is 2.37. The summed E-state index contributed by atoms with van der Waals surface area (Å²) < 4.78 is 6.39. The van der Waals surface area contributed by atoms with Crippen molar-refractivity contribution >= 4 is 29.1 Å². The number of piperidine rings is 1. The summed E-state index contributed by atoms with van der Waals surface area (Å²) in [6.45, 7) is 20.5. The van der Waals surface area contributed by atoms with Crippen LogP contribution < -0.4 is 16.4 Å². The molecule has 0 saturated carbocycles. The Hall–Kier alpha value is -3.10. The summed E-state index contributed by atoms with van der Waals surface area (Å²) >= 11 is 1.37. The number of hydrogen-bond donors (Lipinski definition) is 5. The Bertz CT molecular complexity index is 1520. The number of nitrogens with one attached hydrogen (secondary N) is 2. The highest BCUT2D eigenvalue weighted by atomic mass is 32.1. The molecule has 1 aromatic heterocycles. The summed E-state index contributed by atoms with van der Waals surface area (Å²) in [6, 6.07) is 6.12. The van der Waals surface area contributed by atoms with Crippen molar-refractivity contribution in [1.29, 1.82) is 0 Å². The average molecular weight is 829 g/mol. The molecule has 6 N–H and O–H groups in total. The maximum Gasteiger partial charge on any atom is 0.309 e. The Labute approximate surface area is 353 Å². The number of unbranched alkanes of at least 4 members (excludes halogenated alkanes) is 3. The summed E-state index contributed by atoms with van der Waals surface area (Å²) in [7, 11) is 0. The molecule has 1 unspecified atom stereocenters. The van der Waals surface area contributed by atoms with Crippen LogP contribution in [0.1, 0.15) is 147 Å². The van der Waals surface area contributed by atoms with Gasteiger partial charge in [-0.2, -0.15) is 0 Å². The topological polar surface area (TPSA) is 170 Å². The third-order valence-corrected chi connectivity index (χ3v) is 12.8. The minimum absolute atomic E-state index is 0.128. The molecule has 1 saturated heterocycles. The number of thiazole rings is 1. The molecule has 0 radical (unpaired) electrons. The monoisotopic (exact) mass is 829 g/mol. The van der Waals surface area contributed by atoms with Crippen LogP contribution in [0.25, 0.3) is 0 Å². The van der Waals surface area contributed by atoms with Crippen LogP contribution in [0.2, 0.25) is 0 Å². The number of aliphatic carboxylic acids is 1. The van der Waals surface area contributed by atoms with Gasteiger partial charge in [0, 0.05) is 62.7 Å². The highest BCUT2D eigenvalue weighted by Crippen LogP contribution is 2.32. The van der Waals surface area contributed by atoms with E-state index in [-0.39, 0.29) is 53.6 Å². The van der Waals surface area contributed by atoms with Crippen LogP contribution in [0.4, 0.5) is 0 Å². The number of nitrogens with zero attached hydrogens (tertiary/aromatic N) is 3. The van der Waals surface area contributed by atoms with Crippen molar-refractivity contribution in [2.75, 3.05) is 39.3 Å². The first kappa shape index (κ1) is 49.3. The molecule has 2 heterocycles. The van der Waals surface area contributed by atoms with Crippen LogP contribution >= 0.6 is 11.3 Å². The third kappa shape index (κ3) is 15.2. The van der Waals surface area contributed by atoms with Crippen molar-refractivity contribution < 1.29 is 29.3 Å². The third-order valence-electron chi connectivity index (χ3n) is 11.9. The number of aromatic hydroxyl groups is 1. The zero-order chi connectivity index (χ0) is 42.8. The molecule has 2 amide bonds. The largest absolute Gasteiger partial charge is 0.508 e. The highest BCUT2D eigenvalue weighted by molar-refractivity contribution is 7.09. The number of amides is 2. The first-order chi connectivity index (χ1) is 27.6. The number of benzene rings is 1. The first-order valence-corrected chi connectivity index (χ1v) is 22.9. The number of carbonyl (C=O) groups excluding carboxylic acids is 2. The smallest absolute Gasteiger partial charge is 0.309 e. The molecule has 0 bridgehead atoms. The standard InChI is InChI=1S/C45H76N6O6S/c1-9-12-13-15-24-51(43(54)40(32(6)10-2)47-29-35-17-14-16-23-50(35)25-22-46)38(31(4)5)27-39(57-11-3)42-49-37(30-58-42)41(53)48-34(28-45(7,8)44(55)56)26-33-18-20-36(52)21-19-33/h18-21,30-32,34-35,38-40,47,52H,9-17,22-29,46H2,1-8H3,(H,48,53)(H,55,56)/t32-,34-,35?,38+,39+,40-/m0/s1. The lowest BCUT2D eigenvalue weighted by Gasteiger charge is -2.41. The number of phenols is 1. The molecule has 13 heteroatoms. The van der Waals surface area contributed by atoms with Gasteiger partial charge in [0.2, 0.25) is 5.91 Å². The summed E-state index contributed by atoms with van der Waals surface area (Å²) in [5.41, 5.74) is 6.00. The molecule has 6 atom stereocenters. The summed E-state index contributed by atoms with van der Waals surface area (Å²) in [5, 5.41) is 28.9. The normalized spacial score (nSPS) is 17.7. The lowest BCUT2D eigenvalue weighted by atomic mass is 9.84. The number of phenolic OH excluding ortho intramolecular Hbond substituents is 1. The number of rotatable bonds is 27. The van der Waals surface area contributed by atoms with E-state index in [0.29, 0.717) is 43.6 Å².